The molecule has 9 nitrogen and oxygen atoms in total. The molecular formula is C22H26N6O3. The maximum Gasteiger partial charge on any atom is 0.260 e. The summed E-state index contributed by atoms with van der Waals surface area (Å²) in [5.74, 6) is -0.823. The zero-order valence-corrected chi connectivity index (χ0v) is 17.2. The van der Waals surface area contributed by atoms with E-state index >= 15 is 0 Å². The molecule has 0 spiro atoms. The molecule has 2 amide bonds. The summed E-state index contributed by atoms with van der Waals surface area (Å²) in [6.45, 7) is 2.27. The van der Waals surface area contributed by atoms with Crippen molar-refractivity contribution in [3.8, 4) is 0 Å². The average molecular weight is 422 g/mol. The van der Waals surface area contributed by atoms with E-state index in [9.17, 15) is 9.59 Å². The molecule has 2 aromatic heterocycles. The third-order valence-electron chi connectivity index (χ3n) is 5.65. The largest absolute Gasteiger partial charge is 0.396 e. The number of hydrogen-bond donors (Lipinski definition) is 2. The van der Waals surface area contributed by atoms with E-state index in [1.54, 1.807) is 12.4 Å². The van der Waals surface area contributed by atoms with Crippen molar-refractivity contribution in [3.63, 3.8) is 0 Å². The lowest BCUT2D eigenvalue weighted by atomic mass is 10.1. The standard InChI is InChI=1S/C22H26N6O3/c23-20(30)19-15-26(8-6-16-4-2-1-3-5-16)9-10-27(19)22(31)18-13-25-28-14-17(7-11-29)12-24-21(18)28/h1-5,12-14,19,29H,6-11,15H2,(H2,23,30). The quantitative estimate of drug-likeness (QED) is 0.559. The Morgan fingerprint density at radius 3 is 2.65 bits per heavy atom. The molecule has 3 N–H and O–H groups in total. The summed E-state index contributed by atoms with van der Waals surface area (Å²) in [7, 11) is 0. The van der Waals surface area contributed by atoms with Crippen LogP contribution in [-0.2, 0) is 17.6 Å². The minimum absolute atomic E-state index is 0.00901. The molecule has 31 heavy (non-hydrogen) atoms. The molecule has 4 rings (SSSR count). The Labute approximate surface area is 180 Å². The molecule has 1 unspecified atom stereocenters. The number of primary amides is 1. The third kappa shape index (κ3) is 4.57. The number of fused-ring (bicyclic) bond motifs is 1. The molecule has 9 heteroatoms. The number of piperazine rings is 1. The molecule has 0 bridgehead atoms. The van der Waals surface area contributed by atoms with Gasteiger partial charge in [0, 0.05) is 45.2 Å². The molecule has 162 valence electrons. The van der Waals surface area contributed by atoms with Gasteiger partial charge in [0.05, 0.1) is 6.20 Å². The van der Waals surface area contributed by atoms with Crippen LogP contribution in [0.5, 0.6) is 0 Å². The molecule has 1 fully saturated rings. The predicted octanol–water partition coefficient (Wildman–Crippen LogP) is 0.119. The molecule has 3 heterocycles. The average Bonchev–Trinajstić information content (AvgIpc) is 3.21. The summed E-state index contributed by atoms with van der Waals surface area (Å²) in [4.78, 5) is 33.5. The van der Waals surface area contributed by atoms with Crippen LogP contribution in [-0.4, -0.2) is 80.1 Å². The molecule has 0 saturated carbocycles. The minimum Gasteiger partial charge on any atom is -0.396 e. The van der Waals surface area contributed by atoms with Crippen molar-refractivity contribution in [3.05, 3.63) is 65.6 Å². The van der Waals surface area contributed by atoms with E-state index in [0.29, 0.717) is 37.3 Å². The maximum atomic E-state index is 13.3. The summed E-state index contributed by atoms with van der Waals surface area (Å²) in [5, 5.41) is 13.3. The van der Waals surface area contributed by atoms with Crippen LogP contribution in [0.4, 0.5) is 0 Å². The van der Waals surface area contributed by atoms with Crippen LogP contribution in [0, 0.1) is 0 Å². The summed E-state index contributed by atoms with van der Waals surface area (Å²) >= 11 is 0. The molecule has 0 aliphatic carbocycles. The number of carbonyl (C=O) groups is 2. The van der Waals surface area contributed by atoms with Crippen molar-refractivity contribution >= 4 is 17.5 Å². The lowest BCUT2D eigenvalue weighted by Gasteiger charge is -2.39. The van der Waals surface area contributed by atoms with Crippen LogP contribution in [0.2, 0.25) is 0 Å². The van der Waals surface area contributed by atoms with Gasteiger partial charge in [0.2, 0.25) is 5.91 Å². The van der Waals surface area contributed by atoms with Gasteiger partial charge in [0.15, 0.2) is 5.65 Å². The zero-order chi connectivity index (χ0) is 21.8. The number of aliphatic hydroxyl groups is 1. The summed E-state index contributed by atoms with van der Waals surface area (Å²) in [6.07, 6.45) is 6.15. The van der Waals surface area contributed by atoms with Crippen molar-refractivity contribution in [2.75, 3.05) is 32.8 Å². The monoisotopic (exact) mass is 422 g/mol. The summed E-state index contributed by atoms with van der Waals surface area (Å²) in [6, 6.07) is 9.45. The van der Waals surface area contributed by atoms with Gasteiger partial charge >= 0.3 is 0 Å². The van der Waals surface area contributed by atoms with Gasteiger partial charge in [-0.25, -0.2) is 9.50 Å². The van der Waals surface area contributed by atoms with Crippen molar-refractivity contribution in [2.24, 2.45) is 5.73 Å². The van der Waals surface area contributed by atoms with Crippen LogP contribution in [0.25, 0.3) is 5.65 Å². The number of rotatable bonds is 7. The Bertz CT molecular complexity index is 1070. The van der Waals surface area contributed by atoms with Gasteiger partial charge in [0.1, 0.15) is 11.6 Å². The molecule has 1 saturated heterocycles. The van der Waals surface area contributed by atoms with E-state index in [-0.39, 0.29) is 12.5 Å². The van der Waals surface area contributed by atoms with Crippen LogP contribution in [0.15, 0.2) is 48.9 Å². The fourth-order valence-corrected chi connectivity index (χ4v) is 3.94. The van der Waals surface area contributed by atoms with Gasteiger partial charge in [-0.3, -0.25) is 14.5 Å². The van der Waals surface area contributed by atoms with Crippen LogP contribution in [0.3, 0.4) is 0 Å². The van der Waals surface area contributed by atoms with Gasteiger partial charge in [-0.1, -0.05) is 30.3 Å². The lowest BCUT2D eigenvalue weighted by Crippen LogP contribution is -2.60. The molecule has 1 aliphatic heterocycles. The van der Waals surface area contributed by atoms with Crippen molar-refractivity contribution in [2.45, 2.75) is 18.9 Å². The van der Waals surface area contributed by atoms with Gasteiger partial charge in [0.25, 0.3) is 5.91 Å². The van der Waals surface area contributed by atoms with Crippen molar-refractivity contribution in [1.29, 1.82) is 0 Å². The molecule has 3 aromatic rings. The Morgan fingerprint density at radius 2 is 1.90 bits per heavy atom. The predicted molar refractivity (Wildman–Crippen MR) is 114 cm³/mol. The number of hydrogen-bond acceptors (Lipinski definition) is 6. The lowest BCUT2D eigenvalue weighted by molar-refractivity contribution is -0.124. The first kappa shape index (κ1) is 21.0. The molecule has 1 atom stereocenters. The summed E-state index contributed by atoms with van der Waals surface area (Å²) < 4.78 is 1.52. The Morgan fingerprint density at radius 1 is 1.10 bits per heavy atom. The first-order chi connectivity index (χ1) is 15.1. The highest BCUT2D eigenvalue weighted by Crippen LogP contribution is 2.18. The Kier molecular flexibility index (Phi) is 6.24. The van der Waals surface area contributed by atoms with E-state index in [1.165, 1.54) is 21.2 Å². The Balaban J connectivity index is 1.48. The number of nitrogens with two attached hydrogens (primary N) is 1. The number of aliphatic hydroxyl groups excluding tert-OH is 1. The van der Waals surface area contributed by atoms with E-state index < -0.39 is 11.9 Å². The number of aromatic nitrogens is 3. The van der Waals surface area contributed by atoms with Crippen LogP contribution >= 0.6 is 0 Å². The highest BCUT2D eigenvalue weighted by Gasteiger charge is 2.35. The molecule has 1 aliphatic rings. The topological polar surface area (TPSA) is 117 Å². The molecule has 1 aromatic carbocycles. The van der Waals surface area contributed by atoms with Gasteiger partial charge in [-0.15, -0.1) is 0 Å². The van der Waals surface area contributed by atoms with Crippen molar-refractivity contribution < 1.29 is 14.7 Å². The van der Waals surface area contributed by atoms with E-state index in [4.69, 9.17) is 10.8 Å². The van der Waals surface area contributed by atoms with Crippen LogP contribution < -0.4 is 5.73 Å². The molecule has 0 radical (unpaired) electrons. The first-order valence-corrected chi connectivity index (χ1v) is 10.4. The Hall–Kier alpha value is -3.30. The second-order valence-corrected chi connectivity index (χ2v) is 7.72. The van der Waals surface area contributed by atoms with Gasteiger partial charge in [-0.2, -0.15) is 5.10 Å². The second-order valence-electron chi connectivity index (χ2n) is 7.72. The van der Waals surface area contributed by atoms with Crippen LogP contribution in [0.1, 0.15) is 21.5 Å². The SMILES string of the molecule is NC(=O)C1CN(CCc2ccccc2)CCN1C(=O)c1cnn2cc(CCO)cnc12. The van der Waals surface area contributed by atoms with Gasteiger partial charge in [-0.05, 0) is 24.0 Å². The number of benzene rings is 1. The first-order valence-electron chi connectivity index (χ1n) is 10.4. The van der Waals surface area contributed by atoms with Gasteiger partial charge < -0.3 is 15.7 Å². The zero-order valence-electron chi connectivity index (χ0n) is 17.2. The number of amides is 2. The molecular weight excluding hydrogens is 396 g/mol. The van der Waals surface area contributed by atoms with E-state index in [1.807, 2.05) is 18.2 Å². The number of nitrogens with zero attached hydrogens (tertiary/aromatic N) is 5. The highest BCUT2D eigenvalue weighted by atomic mass is 16.3. The normalized spacial score (nSPS) is 17.2. The maximum absolute atomic E-state index is 13.3. The van der Waals surface area contributed by atoms with E-state index in [0.717, 1.165) is 18.5 Å². The smallest absolute Gasteiger partial charge is 0.260 e. The second kappa shape index (κ2) is 9.23. The van der Waals surface area contributed by atoms with E-state index in [2.05, 4.69) is 27.1 Å². The van der Waals surface area contributed by atoms with Crippen molar-refractivity contribution in [1.82, 2.24) is 24.4 Å². The third-order valence-corrected chi connectivity index (χ3v) is 5.65. The fourth-order valence-electron chi connectivity index (χ4n) is 3.94. The summed E-state index contributed by atoms with van der Waals surface area (Å²) in [5.41, 5.74) is 8.47. The number of carbonyl (C=O) groups excluding carboxylic acids is 2. The fraction of sp³-hybridized carbons (Fsp3) is 0.364. The minimum atomic E-state index is -0.708. The highest BCUT2D eigenvalue weighted by molar-refractivity contribution is 6.01.